The number of nitrogens with zero attached hydrogens (tertiary/aromatic N) is 1. The topological polar surface area (TPSA) is 55.8 Å². The molecule has 3 aliphatic heterocycles. The molecule has 5 heterocycles. The summed E-state index contributed by atoms with van der Waals surface area (Å²) in [7, 11) is 0. The molecule has 34 heavy (non-hydrogen) atoms. The van der Waals surface area contributed by atoms with Gasteiger partial charge >= 0.3 is 5.97 Å². The Bertz CT molecular complexity index is 1050. The third-order valence-electron chi connectivity index (χ3n) is 7.48. The van der Waals surface area contributed by atoms with E-state index in [-0.39, 0.29) is 6.10 Å². The lowest BCUT2D eigenvalue weighted by Crippen LogP contribution is -2.65. The van der Waals surface area contributed by atoms with Crippen LogP contribution in [-0.4, -0.2) is 54.4 Å². The fourth-order valence-corrected chi connectivity index (χ4v) is 7.20. The molecule has 5 nitrogen and oxygen atoms in total. The predicted molar refractivity (Wildman–Crippen MR) is 135 cm³/mol. The molecule has 3 aromatic rings. The highest BCUT2D eigenvalue weighted by Gasteiger charge is 2.51. The SMILES string of the molecule is Cc1ccccc1OCCC[N+]12CCC(CC1)[C@@H](OC(=O)C(O)(c1cccs1)c1cccs1)C2. The predicted octanol–water partition coefficient (Wildman–Crippen LogP) is 4.98. The molecule has 0 radical (unpaired) electrons. The standard InChI is InChI=1S/C27H32NO4S2/c1-20-7-2-3-8-22(20)31-16-6-13-28-14-11-21(12-15-28)23(19-28)32-26(29)27(30,24-9-4-17-33-24)25-10-5-18-34-25/h2-5,7-10,17-18,21,23,30H,6,11-16,19H2,1H3/q+1/t21?,23-,28?/m0/s1. The van der Waals surface area contributed by atoms with Gasteiger partial charge in [0.2, 0.25) is 5.60 Å². The first-order valence-electron chi connectivity index (χ1n) is 12.1. The van der Waals surface area contributed by atoms with Crippen LogP contribution in [0.5, 0.6) is 5.75 Å². The monoisotopic (exact) mass is 498 g/mol. The molecule has 3 aliphatic rings. The summed E-state index contributed by atoms with van der Waals surface area (Å²) < 4.78 is 13.1. The third-order valence-corrected chi connectivity index (χ3v) is 9.44. The minimum Gasteiger partial charge on any atom is -0.493 e. The summed E-state index contributed by atoms with van der Waals surface area (Å²) in [6.45, 7) is 6.86. The van der Waals surface area contributed by atoms with Crippen LogP contribution in [0.4, 0.5) is 0 Å². The second-order valence-electron chi connectivity index (χ2n) is 9.61. The molecule has 3 saturated heterocycles. The van der Waals surface area contributed by atoms with E-state index in [0.29, 0.717) is 22.3 Å². The van der Waals surface area contributed by atoms with Crippen LogP contribution in [-0.2, 0) is 15.1 Å². The number of hydrogen-bond acceptors (Lipinski definition) is 6. The number of carbonyl (C=O) groups excluding carboxylic acids is 1. The van der Waals surface area contributed by atoms with Gasteiger partial charge in [0.15, 0.2) is 6.10 Å². The van der Waals surface area contributed by atoms with E-state index in [4.69, 9.17) is 9.47 Å². The fraction of sp³-hybridized carbons (Fsp3) is 0.444. The van der Waals surface area contributed by atoms with Crippen molar-refractivity contribution in [3.05, 3.63) is 74.6 Å². The van der Waals surface area contributed by atoms with Crippen molar-refractivity contribution in [2.24, 2.45) is 5.92 Å². The summed E-state index contributed by atoms with van der Waals surface area (Å²) in [6.07, 6.45) is 2.94. The van der Waals surface area contributed by atoms with Gasteiger partial charge in [0, 0.05) is 25.2 Å². The highest BCUT2D eigenvalue weighted by molar-refractivity contribution is 7.12. The minimum absolute atomic E-state index is 0.154. The van der Waals surface area contributed by atoms with Crippen molar-refractivity contribution < 1.29 is 23.9 Å². The van der Waals surface area contributed by atoms with Crippen molar-refractivity contribution in [2.75, 3.05) is 32.8 Å². The third kappa shape index (κ3) is 4.54. The van der Waals surface area contributed by atoms with Gasteiger partial charge in [-0.2, -0.15) is 0 Å². The lowest BCUT2D eigenvalue weighted by atomic mass is 9.83. The van der Waals surface area contributed by atoms with E-state index in [1.807, 2.05) is 53.2 Å². The van der Waals surface area contributed by atoms with E-state index in [2.05, 4.69) is 13.0 Å². The molecule has 6 rings (SSSR count). The zero-order chi connectivity index (χ0) is 23.6. The molecule has 0 amide bonds. The van der Waals surface area contributed by atoms with Crippen LogP contribution >= 0.6 is 22.7 Å². The molecule has 0 spiro atoms. The van der Waals surface area contributed by atoms with Gasteiger partial charge in [0.1, 0.15) is 12.3 Å². The number of quaternary nitrogens is 1. The Balaban J connectivity index is 1.23. The molecule has 2 bridgehead atoms. The Kier molecular flexibility index (Phi) is 6.80. The molecule has 1 N–H and O–H groups in total. The maximum absolute atomic E-state index is 13.5. The number of para-hydroxylation sites is 1. The van der Waals surface area contributed by atoms with Crippen LogP contribution in [0.3, 0.4) is 0 Å². The molecule has 1 aromatic carbocycles. The Morgan fingerprint density at radius 2 is 1.74 bits per heavy atom. The highest BCUT2D eigenvalue weighted by atomic mass is 32.1. The maximum atomic E-state index is 13.5. The van der Waals surface area contributed by atoms with E-state index >= 15 is 0 Å². The number of aryl methyl sites for hydroxylation is 1. The Morgan fingerprint density at radius 1 is 1.06 bits per heavy atom. The first-order valence-corrected chi connectivity index (χ1v) is 13.8. The Hall–Kier alpha value is -2.19. The number of hydrogen-bond donors (Lipinski definition) is 1. The molecule has 180 valence electrons. The van der Waals surface area contributed by atoms with E-state index < -0.39 is 11.6 Å². The number of benzene rings is 1. The molecule has 0 unspecified atom stereocenters. The number of carbonyl (C=O) groups is 1. The molecule has 3 fully saturated rings. The number of esters is 1. The van der Waals surface area contributed by atoms with E-state index in [1.54, 1.807) is 0 Å². The van der Waals surface area contributed by atoms with Crippen molar-refractivity contribution in [1.29, 1.82) is 0 Å². The van der Waals surface area contributed by atoms with Gasteiger partial charge in [0.25, 0.3) is 0 Å². The Morgan fingerprint density at radius 3 is 2.35 bits per heavy atom. The van der Waals surface area contributed by atoms with Gasteiger partial charge < -0.3 is 19.1 Å². The zero-order valence-electron chi connectivity index (χ0n) is 19.5. The zero-order valence-corrected chi connectivity index (χ0v) is 21.2. The number of aliphatic hydroxyl groups is 1. The fourth-order valence-electron chi connectivity index (χ4n) is 5.48. The summed E-state index contributed by atoms with van der Waals surface area (Å²) in [5.74, 6) is 0.786. The number of rotatable bonds is 9. The molecule has 1 atom stereocenters. The molecule has 7 heteroatoms. The lowest BCUT2D eigenvalue weighted by Gasteiger charge is -2.52. The number of fused-ring (bicyclic) bond motifs is 3. The number of thiophene rings is 2. The summed E-state index contributed by atoms with van der Waals surface area (Å²) in [5, 5.41) is 15.4. The molecule has 2 aromatic heterocycles. The smallest absolute Gasteiger partial charge is 0.349 e. The number of ether oxygens (including phenoxy) is 2. The van der Waals surface area contributed by atoms with Crippen LogP contribution in [0.1, 0.15) is 34.6 Å². The van der Waals surface area contributed by atoms with Crippen molar-refractivity contribution in [2.45, 2.75) is 37.9 Å². The quantitative estimate of drug-likeness (QED) is 0.257. The number of piperidine rings is 3. The average molecular weight is 499 g/mol. The molecule has 0 aliphatic carbocycles. The summed E-state index contributed by atoms with van der Waals surface area (Å²) in [4.78, 5) is 14.7. The summed E-state index contributed by atoms with van der Waals surface area (Å²) in [5.41, 5.74) is -0.579. The average Bonchev–Trinajstić information content (AvgIpc) is 3.58. The lowest BCUT2D eigenvalue weighted by molar-refractivity contribution is -0.946. The second kappa shape index (κ2) is 9.82. The van der Waals surface area contributed by atoms with Crippen molar-refractivity contribution in [3.8, 4) is 5.75 Å². The van der Waals surface area contributed by atoms with Crippen LogP contribution in [0.2, 0.25) is 0 Å². The van der Waals surface area contributed by atoms with Gasteiger partial charge in [-0.25, -0.2) is 4.79 Å². The van der Waals surface area contributed by atoms with Crippen molar-refractivity contribution >= 4 is 28.6 Å². The Labute approximate surface area is 209 Å². The van der Waals surface area contributed by atoms with Crippen LogP contribution < -0.4 is 4.74 Å². The first kappa shape index (κ1) is 23.5. The highest BCUT2D eigenvalue weighted by Crippen LogP contribution is 2.40. The van der Waals surface area contributed by atoms with E-state index in [9.17, 15) is 9.90 Å². The second-order valence-corrected chi connectivity index (χ2v) is 11.5. The largest absolute Gasteiger partial charge is 0.493 e. The maximum Gasteiger partial charge on any atom is 0.349 e. The van der Waals surface area contributed by atoms with Crippen molar-refractivity contribution in [1.82, 2.24) is 0 Å². The molecular weight excluding hydrogens is 466 g/mol. The van der Waals surface area contributed by atoms with E-state index in [0.717, 1.165) is 61.2 Å². The van der Waals surface area contributed by atoms with Gasteiger partial charge in [-0.05, 0) is 41.4 Å². The van der Waals surface area contributed by atoms with Gasteiger partial charge in [-0.15, -0.1) is 22.7 Å². The van der Waals surface area contributed by atoms with Gasteiger partial charge in [-0.1, -0.05) is 30.3 Å². The van der Waals surface area contributed by atoms with Crippen LogP contribution in [0, 0.1) is 12.8 Å². The first-order chi connectivity index (χ1) is 16.5. The normalized spacial score (nSPS) is 24.2. The van der Waals surface area contributed by atoms with Crippen molar-refractivity contribution in [3.63, 3.8) is 0 Å². The van der Waals surface area contributed by atoms with Crippen LogP contribution in [0.15, 0.2) is 59.3 Å². The molecular formula is C27H32NO4S2+. The summed E-state index contributed by atoms with van der Waals surface area (Å²) in [6, 6.07) is 15.5. The van der Waals surface area contributed by atoms with Gasteiger partial charge in [0.05, 0.1) is 36.0 Å². The molecule has 0 saturated carbocycles. The van der Waals surface area contributed by atoms with Gasteiger partial charge in [-0.3, -0.25) is 0 Å². The van der Waals surface area contributed by atoms with E-state index in [1.165, 1.54) is 22.7 Å². The van der Waals surface area contributed by atoms with Crippen LogP contribution in [0.25, 0.3) is 0 Å². The summed E-state index contributed by atoms with van der Waals surface area (Å²) >= 11 is 2.77. The minimum atomic E-state index is -1.74.